The zero-order valence-corrected chi connectivity index (χ0v) is 13.9. The van der Waals surface area contributed by atoms with Crippen LogP contribution in [0, 0.1) is 5.92 Å². The monoisotopic (exact) mass is 317 g/mol. The lowest BCUT2D eigenvalue weighted by molar-refractivity contribution is -0.135. The average Bonchev–Trinajstić information content (AvgIpc) is 2.46. The second-order valence-electron chi connectivity index (χ2n) is 5.96. The van der Waals surface area contributed by atoms with Crippen molar-refractivity contribution in [2.24, 2.45) is 5.92 Å². The molecule has 0 rings (SSSR count). The molecule has 4 N–H and O–H groups in total. The van der Waals surface area contributed by atoms with Crippen molar-refractivity contribution in [3.63, 3.8) is 0 Å². The topological polar surface area (TPSA) is 117 Å². The Morgan fingerprint density at radius 3 is 2.23 bits per heavy atom. The third-order valence-corrected chi connectivity index (χ3v) is 2.74. The Labute approximate surface area is 131 Å². The highest BCUT2D eigenvalue weighted by Gasteiger charge is 2.25. The van der Waals surface area contributed by atoms with Crippen molar-refractivity contribution >= 4 is 17.7 Å². The molecule has 22 heavy (non-hydrogen) atoms. The van der Waals surface area contributed by atoms with Crippen LogP contribution in [0.5, 0.6) is 0 Å². The summed E-state index contributed by atoms with van der Waals surface area (Å²) in [4.78, 5) is 35.1. The average molecular weight is 317 g/mol. The Hall–Kier alpha value is -1.67. The molecule has 2 atom stereocenters. The minimum absolute atomic E-state index is 0.0348. The first kappa shape index (κ1) is 20.3. The summed E-state index contributed by atoms with van der Waals surface area (Å²) in [6, 6.07) is -0.939. The van der Waals surface area contributed by atoms with Gasteiger partial charge in [0.15, 0.2) is 0 Å². The highest BCUT2D eigenvalue weighted by molar-refractivity contribution is 5.91. The molecule has 0 spiro atoms. The lowest BCUT2D eigenvalue weighted by Gasteiger charge is -2.25. The number of carbonyl (C=O) groups excluding carboxylic acids is 3. The van der Waals surface area contributed by atoms with Gasteiger partial charge in [-0.05, 0) is 20.8 Å². The van der Waals surface area contributed by atoms with Crippen LogP contribution in [0.4, 0.5) is 0 Å². The van der Waals surface area contributed by atoms with E-state index in [0.29, 0.717) is 0 Å². The molecule has 0 saturated heterocycles. The summed E-state index contributed by atoms with van der Waals surface area (Å²) < 4.78 is 5.52. The third-order valence-electron chi connectivity index (χ3n) is 2.74. The van der Waals surface area contributed by atoms with Gasteiger partial charge in [-0.15, -0.1) is 0 Å². The Morgan fingerprint density at radius 2 is 1.77 bits per heavy atom. The molecule has 0 aliphatic carbocycles. The van der Waals surface area contributed by atoms with Gasteiger partial charge in [0.2, 0.25) is 17.7 Å². The summed E-state index contributed by atoms with van der Waals surface area (Å²) in [5.74, 6) is -1.96. The lowest BCUT2D eigenvalue weighted by atomic mass is 10.1. The van der Waals surface area contributed by atoms with Crippen molar-refractivity contribution < 1.29 is 24.2 Å². The van der Waals surface area contributed by atoms with Crippen LogP contribution in [0.25, 0.3) is 0 Å². The fraction of sp³-hybridized carbons (Fsp3) is 0.786. The normalized spacial score (nSPS) is 13.9. The van der Waals surface area contributed by atoms with Crippen LogP contribution < -0.4 is 16.0 Å². The second-order valence-corrected chi connectivity index (χ2v) is 5.96. The number of aliphatic hydroxyl groups excluding tert-OH is 1. The number of aliphatic hydroxyl groups is 1. The summed E-state index contributed by atoms with van der Waals surface area (Å²) in [6.07, 6.45) is 0. The molecule has 0 bridgehead atoms. The van der Waals surface area contributed by atoms with Gasteiger partial charge in [-0.25, -0.2) is 0 Å². The van der Waals surface area contributed by atoms with Gasteiger partial charge in [-0.2, -0.15) is 0 Å². The van der Waals surface area contributed by atoms with Crippen LogP contribution in [-0.4, -0.2) is 61.3 Å². The van der Waals surface area contributed by atoms with E-state index in [2.05, 4.69) is 16.0 Å². The quantitative estimate of drug-likeness (QED) is 0.447. The van der Waals surface area contributed by atoms with E-state index in [1.807, 2.05) is 20.8 Å². The number of ether oxygens (including phenoxy) is 1. The number of carbonyl (C=O) groups is 3. The van der Waals surface area contributed by atoms with Gasteiger partial charge in [-0.1, -0.05) is 6.92 Å². The standard InChI is InChI=1S/C14H27N3O5/c1-9(7-18)12(20)17-10(8-22-14(2,3)4)13(21)16-6-11(19)15-5/h9-10,18H,6-8H2,1-5H3,(H,15,19)(H,16,21)(H,17,20). The van der Waals surface area contributed by atoms with Gasteiger partial charge in [0.1, 0.15) is 6.04 Å². The third kappa shape index (κ3) is 8.58. The maximum Gasteiger partial charge on any atom is 0.245 e. The van der Waals surface area contributed by atoms with Crippen LogP contribution in [0.3, 0.4) is 0 Å². The molecule has 0 radical (unpaired) electrons. The molecule has 0 heterocycles. The van der Waals surface area contributed by atoms with Crippen molar-refractivity contribution in [3.05, 3.63) is 0 Å². The first-order chi connectivity index (χ1) is 10.1. The molecule has 8 heteroatoms. The minimum atomic E-state index is -0.939. The predicted octanol–water partition coefficient (Wildman–Crippen LogP) is -1.22. The number of likely N-dealkylation sites (N-methyl/N-ethyl adjacent to an activating group) is 1. The van der Waals surface area contributed by atoms with Gasteiger partial charge < -0.3 is 25.8 Å². The molecule has 128 valence electrons. The first-order valence-corrected chi connectivity index (χ1v) is 7.14. The van der Waals surface area contributed by atoms with E-state index < -0.39 is 29.4 Å². The number of nitrogens with one attached hydrogen (secondary N) is 3. The van der Waals surface area contributed by atoms with E-state index in [1.165, 1.54) is 7.05 Å². The Kier molecular flexibility index (Phi) is 8.66. The minimum Gasteiger partial charge on any atom is -0.396 e. The Balaban J connectivity index is 4.73. The van der Waals surface area contributed by atoms with Crippen molar-refractivity contribution in [3.8, 4) is 0 Å². The van der Waals surface area contributed by atoms with Crippen molar-refractivity contribution in [1.29, 1.82) is 0 Å². The van der Waals surface area contributed by atoms with Crippen molar-refractivity contribution in [2.75, 3.05) is 26.8 Å². The molecule has 0 aromatic heterocycles. The second kappa shape index (κ2) is 9.37. The van der Waals surface area contributed by atoms with Crippen molar-refractivity contribution in [1.82, 2.24) is 16.0 Å². The Morgan fingerprint density at radius 1 is 1.18 bits per heavy atom. The first-order valence-electron chi connectivity index (χ1n) is 7.14. The van der Waals surface area contributed by atoms with Gasteiger partial charge >= 0.3 is 0 Å². The largest absolute Gasteiger partial charge is 0.396 e. The van der Waals surface area contributed by atoms with Gasteiger partial charge in [0.25, 0.3) is 0 Å². The van der Waals surface area contributed by atoms with E-state index in [4.69, 9.17) is 9.84 Å². The number of amides is 3. The van der Waals surface area contributed by atoms with Crippen LogP contribution in [0.2, 0.25) is 0 Å². The van der Waals surface area contributed by atoms with E-state index in [0.717, 1.165) is 0 Å². The van der Waals surface area contributed by atoms with Gasteiger partial charge in [-0.3, -0.25) is 14.4 Å². The lowest BCUT2D eigenvalue weighted by Crippen LogP contribution is -2.53. The van der Waals surface area contributed by atoms with Crippen LogP contribution >= 0.6 is 0 Å². The molecule has 3 amide bonds. The fourth-order valence-electron chi connectivity index (χ4n) is 1.29. The van der Waals surface area contributed by atoms with Gasteiger partial charge in [0.05, 0.1) is 31.3 Å². The molecule has 0 fully saturated rings. The zero-order valence-electron chi connectivity index (χ0n) is 13.9. The molecule has 0 saturated carbocycles. The molecule has 0 aromatic carbocycles. The van der Waals surface area contributed by atoms with Crippen LogP contribution in [0.1, 0.15) is 27.7 Å². The SMILES string of the molecule is CNC(=O)CNC(=O)C(COC(C)(C)C)NC(=O)C(C)CO. The van der Waals surface area contributed by atoms with E-state index in [1.54, 1.807) is 6.92 Å². The maximum atomic E-state index is 12.1. The molecule has 0 aliphatic heterocycles. The van der Waals surface area contributed by atoms with E-state index >= 15 is 0 Å². The molecule has 8 nitrogen and oxygen atoms in total. The van der Waals surface area contributed by atoms with Gasteiger partial charge in [0, 0.05) is 7.05 Å². The molecule has 0 aromatic rings. The molecular weight excluding hydrogens is 290 g/mol. The maximum absolute atomic E-state index is 12.1. The molecular formula is C14H27N3O5. The smallest absolute Gasteiger partial charge is 0.245 e. The number of hydrogen-bond acceptors (Lipinski definition) is 5. The van der Waals surface area contributed by atoms with E-state index in [9.17, 15) is 14.4 Å². The fourth-order valence-corrected chi connectivity index (χ4v) is 1.29. The van der Waals surface area contributed by atoms with Crippen LogP contribution in [0.15, 0.2) is 0 Å². The number of rotatable bonds is 8. The summed E-state index contributed by atoms with van der Waals surface area (Å²) in [5, 5.41) is 16.3. The molecule has 0 aliphatic rings. The predicted molar refractivity (Wildman–Crippen MR) is 81.0 cm³/mol. The molecule has 2 unspecified atom stereocenters. The summed E-state index contributed by atoms with van der Waals surface area (Å²) in [5.41, 5.74) is -0.480. The highest BCUT2D eigenvalue weighted by Crippen LogP contribution is 2.07. The summed E-state index contributed by atoms with van der Waals surface area (Å²) in [7, 11) is 1.46. The summed E-state index contributed by atoms with van der Waals surface area (Å²) >= 11 is 0. The van der Waals surface area contributed by atoms with E-state index in [-0.39, 0.29) is 25.7 Å². The summed E-state index contributed by atoms with van der Waals surface area (Å²) in [6.45, 7) is 6.47. The highest BCUT2D eigenvalue weighted by atomic mass is 16.5. The zero-order chi connectivity index (χ0) is 17.3. The van der Waals surface area contributed by atoms with Crippen molar-refractivity contribution in [2.45, 2.75) is 39.3 Å². The number of hydrogen-bond donors (Lipinski definition) is 4. The van der Waals surface area contributed by atoms with Crippen LogP contribution in [-0.2, 0) is 19.1 Å². The Bertz CT molecular complexity index is 392.